The number of carbonyl (C=O) groups is 1. The summed E-state index contributed by atoms with van der Waals surface area (Å²) in [6.45, 7) is 8.93. The van der Waals surface area contributed by atoms with E-state index in [9.17, 15) is 4.79 Å². The molecule has 0 radical (unpaired) electrons. The molecule has 0 aromatic carbocycles. The van der Waals surface area contributed by atoms with Crippen LogP contribution in [-0.2, 0) is 6.42 Å². The van der Waals surface area contributed by atoms with Crippen molar-refractivity contribution in [3.05, 3.63) is 16.1 Å². The van der Waals surface area contributed by atoms with Crippen molar-refractivity contribution >= 4 is 42.1 Å². The maximum absolute atomic E-state index is 12.4. The molecule has 0 spiro atoms. The van der Waals surface area contributed by atoms with Crippen LogP contribution in [0.5, 0.6) is 0 Å². The first-order valence-corrected chi connectivity index (χ1v) is 7.42. The minimum atomic E-state index is 0. The van der Waals surface area contributed by atoms with Gasteiger partial charge in [0.15, 0.2) is 0 Å². The Hall–Kier alpha value is -0.360. The lowest BCUT2D eigenvalue weighted by atomic mass is 10.1. The Bertz CT molecular complexity index is 426. The standard InChI is InChI=1S/C13H21N3OS.2ClH/c1-9(2)6-12-15-11(8-18-12)13(17)16-5-4-14-7-10(16)3;;/h8-10,14H,4-7H2,1-3H3;2*1H. The second-order valence-corrected chi connectivity index (χ2v) is 6.22. The van der Waals surface area contributed by atoms with E-state index in [-0.39, 0.29) is 36.8 Å². The van der Waals surface area contributed by atoms with Crippen molar-refractivity contribution in [2.24, 2.45) is 5.92 Å². The zero-order chi connectivity index (χ0) is 13.1. The van der Waals surface area contributed by atoms with Gasteiger partial charge in [-0.15, -0.1) is 36.2 Å². The number of nitrogens with one attached hydrogen (secondary N) is 1. The molecule has 1 aliphatic heterocycles. The smallest absolute Gasteiger partial charge is 0.273 e. The molecule has 0 bridgehead atoms. The molecule has 2 heterocycles. The summed E-state index contributed by atoms with van der Waals surface area (Å²) >= 11 is 1.60. The Morgan fingerprint density at radius 1 is 1.55 bits per heavy atom. The largest absolute Gasteiger partial charge is 0.332 e. The molecule has 1 aromatic heterocycles. The lowest BCUT2D eigenvalue weighted by molar-refractivity contribution is 0.0650. The number of aromatic nitrogens is 1. The molecule has 4 nitrogen and oxygen atoms in total. The number of nitrogens with zero attached hydrogens (tertiary/aromatic N) is 2. The maximum Gasteiger partial charge on any atom is 0.273 e. The van der Waals surface area contributed by atoms with E-state index >= 15 is 0 Å². The number of piperazine rings is 1. The van der Waals surface area contributed by atoms with Gasteiger partial charge in [0.25, 0.3) is 5.91 Å². The van der Waals surface area contributed by atoms with Crippen LogP contribution in [0.15, 0.2) is 5.38 Å². The summed E-state index contributed by atoms with van der Waals surface area (Å²) in [5, 5.41) is 6.25. The Balaban J connectivity index is 0.00000180. The van der Waals surface area contributed by atoms with Gasteiger partial charge in [-0.3, -0.25) is 4.79 Å². The van der Waals surface area contributed by atoms with E-state index in [0.29, 0.717) is 11.6 Å². The summed E-state index contributed by atoms with van der Waals surface area (Å²) in [6.07, 6.45) is 0.953. The van der Waals surface area contributed by atoms with E-state index in [1.807, 2.05) is 10.3 Å². The maximum atomic E-state index is 12.4. The molecule has 1 atom stereocenters. The van der Waals surface area contributed by atoms with Crippen LogP contribution in [0.3, 0.4) is 0 Å². The molecule has 7 heteroatoms. The molecule has 1 fully saturated rings. The van der Waals surface area contributed by atoms with Crippen LogP contribution in [0, 0.1) is 5.92 Å². The molecule has 1 unspecified atom stereocenters. The van der Waals surface area contributed by atoms with Crippen LogP contribution in [0.25, 0.3) is 0 Å². The van der Waals surface area contributed by atoms with E-state index in [1.165, 1.54) is 0 Å². The highest BCUT2D eigenvalue weighted by Gasteiger charge is 2.25. The molecule has 0 saturated carbocycles. The predicted molar refractivity (Wildman–Crippen MR) is 88.5 cm³/mol. The van der Waals surface area contributed by atoms with Crippen molar-refractivity contribution in [1.29, 1.82) is 0 Å². The first-order valence-electron chi connectivity index (χ1n) is 6.54. The molecule has 0 aliphatic carbocycles. The minimum Gasteiger partial charge on any atom is -0.332 e. The molecular weight excluding hydrogens is 317 g/mol. The first kappa shape index (κ1) is 19.6. The normalized spacial score (nSPS) is 18.4. The van der Waals surface area contributed by atoms with E-state index in [1.54, 1.807) is 11.3 Å². The van der Waals surface area contributed by atoms with Gasteiger partial charge in [0.05, 0.1) is 5.01 Å². The van der Waals surface area contributed by atoms with Gasteiger partial charge in [-0.25, -0.2) is 4.98 Å². The quantitative estimate of drug-likeness (QED) is 0.920. The zero-order valence-corrected chi connectivity index (χ0v) is 14.5. The molecule has 1 aliphatic rings. The van der Waals surface area contributed by atoms with Crippen molar-refractivity contribution in [3.63, 3.8) is 0 Å². The number of thiazole rings is 1. The van der Waals surface area contributed by atoms with Crippen LogP contribution in [0.1, 0.15) is 36.3 Å². The van der Waals surface area contributed by atoms with E-state index < -0.39 is 0 Å². The third kappa shape index (κ3) is 4.88. The Kier molecular flexibility index (Phi) is 8.66. The molecule has 20 heavy (non-hydrogen) atoms. The first-order chi connectivity index (χ1) is 8.58. The van der Waals surface area contributed by atoms with Crippen LogP contribution in [0.4, 0.5) is 0 Å². The van der Waals surface area contributed by atoms with Crippen molar-refractivity contribution in [2.45, 2.75) is 33.2 Å². The van der Waals surface area contributed by atoms with Gasteiger partial charge in [-0.1, -0.05) is 13.8 Å². The summed E-state index contributed by atoms with van der Waals surface area (Å²) in [5.74, 6) is 0.660. The fourth-order valence-corrected chi connectivity index (χ4v) is 3.12. The highest BCUT2D eigenvalue weighted by atomic mass is 35.5. The summed E-state index contributed by atoms with van der Waals surface area (Å²) in [6, 6.07) is 0.251. The molecule has 1 N–H and O–H groups in total. The van der Waals surface area contributed by atoms with Gasteiger partial charge >= 0.3 is 0 Å². The highest BCUT2D eigenvalue weighted by Crippen LogP contribution is 2.17. The topological polar surface area (TPSA) is 45.2 Å². The molecule has 1 amide bonds. The van der Waals surface area contributed by atoms with Gasteiger partial charge in [-0.05, 0) is 12.8 Å². The Labute approximate surface area is 137 Å². The van der Waals surface area contributed by atoms with E-state index in [0.717, 1.165) is 31.1 Å². The van der Waals surface area contributed by atoms with E-state index in [2.05, 4.69) is 31.1 Å². The number of rotatable bonds is 3. The monoisotopic (exact) mass is 339 g/mol. The average Bonchev–Trinajstić information content (AvgIpc) is 2.76. The molecule has 1 saturated heterocycles. The summed E-state index contributed by atoms with van der Waals surface area (Å²) in [4.78, 5) is 18.7. The SMILES string of the molecule is CC(C)Cc1nc(C(=O)N2CCNCC2C)cs1.Cl.Cl. The number of hydrogen-bond acceptors (Lipinski definition) is 4. The van der Waals surface area contributed by atoms with Crippen LogP contribution >= 0.6 is 36.2 Å². The fraction of sp³-hybridized carbons (Fsp3) is 0.692. The van der Waals surface area contributed by atoms with Crippen LogP contribution in [0.2, 0.25) is 0 Å². The van der Waals surface area contributed by atoms with Crippen molar-refractivity contribution in [2.75, 3.05) is 19.6 Å². The Morgan fingerprint density at radius 3 is 2.85 bits per heavy atom. The van der Waals surface area contributed by atoms with Gasteiger partial charge < -0.3 is 10.2 Å². The molecule has 2 rings (SSSR count). The summed E-state index contributed by atoms with van der Waals surface area (Å²) in [7, 11) is 0. The predicted octanol–water partition coefficient (Wildman–Crippen LogP) is 2.62. The lowest BCUT2D eigenvalue weighted by Crippen LogP contribution is -2.52. The number of hydrogen-bond donors (Lipinski definition) is 1. The van der Waals surface area contributed by atoms with Crippen LogP contribution < -0.4 is 5.32 Å². The highest BCUT2D eigenvalue weighted by molar-refractivity contribution is 7.09. The average molecular weight is 340 g/mol. The lowest BCUT2D eigenvalue weighted by Gasteiger charge is -2.33. The van der Waals surface area contributed by atoms with Gasteiger partial charge in [0, 0.05) is 37.5 Å². The summed E-state index contributed by atoms with van der Waals surface area (Å²) in [5.41, 5.74) is 0.615. The van der Waals surface area contributed by atoms with Crippen LogP contribution in [-0.4, -0.2) is 41.5 Å². The van der Waals surface area contributed by atoms with E-state index in [4.69, 9.17) is 0 Å². The van der Waals surface area contributed by atoms with Crippen molar-refractivity contribution < 1.29 is 4.79 Å². The second-order valence-electron chi connectivity index (χ2n) is 5.28. The van der Waals surface area contributed by atoms with Gasteiger partial charge in [-0.2, -0.15) is 0 Å². The Morgan fingerprint density at radius 2 is 2.25 bits per heavy atom. The number of amides is 1. The third-order valence-corrected chi connectivity index (χ3v) is 3.99. The molecular formula is C13H23Cl2N3OS. The zero-order valence-electron chi connectivity index (χ0n) is 12.1. The molecule has 116 valence electrons. The molecule has 1 aromatic rings. The second kappa shape index (κ2) is 8.82. The minimum absolute atomic E-state index is 0. The number of carbonyl (C=O) groups excluding carboxylic acids is 1. The third-order valence-electron chi connectivity index (χ3n) is 3.12. The van der Waals surface area contributed by atoms with Crippen molar-refractivity contribution in [3.8, 4) is 0 Å². The fourth-order valence-electron chi connectivity index (χ4n) is 2.14. The summed E-state index contributed by atoms with van der Waals surface area (Å²) < 4.78 is 0. The van der Waals surface area contributed by atoms with Crippen molar-refractivity contribution in [1.82, 2.24) is 15.2 Å². The van der Waals surface area contributed by atoms with Gasteiger partial charge in [0.1, 0.15) is 5.69 Å². The number of halogens is 2. The van der Waals surface area contributed by atoms with Gasteiger partial charge in [0.2, 0.25) is 0 Å².